The summed E-state index contributed by atoms with van der Waals surface area (Å²) in [5.41, 5.74) is 1.09. The van der Waals surface area contributed by atoms with Crippen LogP contribution >= 0.6 is 11.6 Å². The van der Waals surface area contributed by atoms with Gasteiger partial charge in [0.15, 0.2) is 0 Å². The molecule has 0 saturated heterocycles. The van der Waals surface area contributed by atoms with Crippen LogP contribution < -0.4 is 0 Å². The molecule has 1 saturated carbocycles. The zero-order valence-corrected chi connectivity index (χ0v) is 9.46. The van der Waals surface area contributed by atoms with Crippen molar-refractivity contribution >= 4 is 17.4 Å². The van der Waals surface area contributed by atoms with Gasteiger partial charge < -0.3 is 0 Å². The van der Waals surface area contributed by atoms with E-state index in [9.17, 15) is 4.79 Å². The first-order valence-corrected chi connectivity index (χ1v) is 5.93. The Morgan fingerprint density at radius 1 is 1.20 bits per heavy atom. The predicted molar refractivity (Wildman–Crippen MR) is 62.3 cm³/mol. The first-order chi connectivity index (χ1) is 7.27. The molecule has 0 heterocycles. The van der Waals surface area contributed by atoms with Gasteiger partial charge in [-0.2, -0.15) is 0 Å². The molecule has 2 heteroatoms. The molecule has 0 radical (unpaired) electrons. The summed E-state index contributed by atoms with van der Waals surface area (Å²) < 4.78 is 0. The molecule has 0 N–H and O–H groups in total. The van der Waals surface area contributed by atoms with Gasteiger partial charge in [-0.25, -0.2) is 0 Å². The second kappa shape index (κ2) is 4.80. The van der Waals surface area contributed by atoms with Crippen LogP contribution in [-0.4, -0.2) is 5.78 Å². The summed E-state index contributed by atoms with van der Waals surface area (Å²) in [6.45, 7) is 0. The van der Waals surface area contributed by atoms with E-state index in [-0.39, 0.29) is 5.92 Å². The Balaban J connectivity index is 2.24. The molecule has 1 aliphatic carbocycles. The third-order valence-corrected chi connectivity index (χ3v) is 3.29. The fourth-order valence-electron chi connectivity index (χ4n) is 2.24. The van der Waals surface area contributed by atoms with Gasteiger partial charge in [-0.05, 0) is 30.5 Å². The van der Waals surface area contributed by atoms with Crippen LogP contribution in [0.2, 0.25) is 5.02 Å². The van der Waals surface area contributed by atoms with Gasteiger partial charge in [-0.1, -0.05) is 36.6 Å². The van der Waals surface area contributed by atoms with Gasteiger partial charge in [0.2, 0.25) is 0 Å². The molecule has 1 nitrogen and oxygen atoms in total. The number of halogens is 1. The fraction of sp³-hybridized carbons (Fsp3) is 0.462. The highest BCUT2D eigenvalue weighted by molar-refractivity contribution is 6.30. The first kappa shape index (κ1) is 10.7. The molecular weight excluding hydrogens is 208 g/mol. The maximum Gasteiger partial charge on any atom is 0.140 e. The molecule has 80 valence electrons. The molecule has 1 fully saturated rings. The minimum Gasteiger partial charge on any atom is -0.299 e. The summed E-state index contributed by atoms with van der Waals surface area (Å²) in [6, 6.07) is 7.72. The molecule has 0 bridgehead atoms. The van der Waals surface area contributed by atoms with Crippen LogP contribution in [0, 0.1) is 0 Å². The van der Waals surface area contributed by atoms with Gasteiger partial charge >= 0.3 is 0 Å². The average molecular weight is 223 g/mol. The monoisotopic (exact) mass is 222 g/mol. The summed E-state index contributed by atoms with van der Waals surface area (Å²) in [5, 5.41) is 0.726. The zero-order chi connectivity index (χ0) is 10.7. The lowest BCUT2D eigenvalue weighted by Crippen LogP contribution is -2.10. The minimum absolute atomic E-state index is 0.0891. The second-order valence-electron chi connectivity index (χ2n) is 4.17. The quantitative estimate of drug-likeness (QED) is 0.658. The third kappa shape index (κ3) is 2.60. The van der Waals surface area contributed by atoms with E-state index in [1.165, 1.54) is 6.42 Å². The van der Waals surface area contributed by atoms with E-state index >= 15 is 0 Å². The Morgan fingerprint density at radius 3 is 2.87 bits per heavy atom. The standard InChI is InChI=1S/C13H15ClO/c14-11-6-4-5-10(9-11)12-7-2-1-3-8-13(12)15/h4-6,9,12H,1-3,7-8H2. The minimum atomic E-state index is 0.0891. The molecule has 0 amide bonds. The Morgan fingerprint density at radius 2 is 2.07 bits per heavy atom. The summed E-state index contributed by atoms with van der Waals surface area (Å²) >= 11 is 5.94. The number of carbonyl (C=O) groups excluding carboxylic acids is 1. The number of hydrogen-bond acceptors (Lipinski definition) is 1. The van der Waals surface area contributed by atoms with Crippen LogP contribution in [0.1, 0.15) is 43.6 Å². The second-order valence-corrected chi connectivity index (χ2v) is 4.61. The van der Waals surface area contributed by atoms with Crippen LogP contribution in [0.15, 0.2) is 24.3 Å². The van der Waals surface area contributed by atoms with Gasteiger partial charge in [0, 0.05) is 17.4 Å². The van der Waals surface area contributed by atoms with E-state index in [1.807, 2.05) is 24.3 Å². The van der Waals surface area contributed by atoms with Gasteiger partial charge in [-0.3, -0.25) is 4.79 Å². The van der Waals surface area contributed by atoms with E-state index in [1.54, 1.807) is 0 Å². The SMILES string of the molecule is O=C1CCCCCC1c1cccc(Cl)c1. The van der Waals surface area contributed by atoms with Crippen molar-refractivity contribution in [2.24, 2.45) is 0 Å². The topological polar surface area (TPSA) is 17.1 Å². The van der Waals surface area contributed by atoms with Crippen molar-refractivity contribution in [3.8, 4) is 0 Å². The first-order valence-electron chi connectivity index (χ1n) is 5.55. The van der Waals surface area contributed by atoms with Gasteiger partial charge in [0.25, 0.3) is 0 Å². The van der Waals surface area contributed by atoms with E-state index < -0.39 is 0 Å². The number of carbonyl (C=O) groups is 1. The van der Waals surface area contributed by atoms with Gasteiger partial charge in [0.1, 0.15) is 5.78 Å². The molecule has 1 aromatic carbocycles. The van der Waals surface area contributed by atoms with E-state index in [0.717, 1.165) is 36.3 Å². The van der Waals surface area contributed by atoms with Gasteiger partial charge in [-0.15, -0.1) is 0 Å². The molecule has 1 atom stereocenters. The molecule has 15 heavy (non-hydrogen) atoms. The van der Waals surface area contributed by atoms with Crippen molar-refractivity contribution in [2.75, 3.05) is 0 Å². The highest BCUT2D eigenvalue weighted by atomic mass is 35.5. The molecule has 1 unspecified atom stereocenters. The fourth-order valence-corrected chi connectivity index (χ4v) is 2.43. The van der Waals surface area contributed by atoms with Gasteiger partial charge in [0.05, 0.1) is 0 Å². The van der Waals surface area contributed by atoms with Crippen LogP contribution in [0.5, 0.6) is 0 Å². The largest absolute Gasteiger partial charge is 0.299 e. The Hall–Kier alpha value is -0.820. The summed E-state index contributed by atoms with van der Waals surface area (Å²) in [4.78, 5) is 11.9. The lowest BCUT2D eigenvalue weighted by Gasteiger charge is -2.13. The Kier molecular flexibility index (Phi) is 3.42. The maximum absolute atomic E-state index is 11.9. The van der Waals surface area contributed by atoms with Crippen LogP contribution in [0.4, 0.5) is 0 Å². The molecule has 0 aliphatic heterocycles. The van der Waals surface area contributed by atoms with Crippen molar-refractivity contribution in [2.45, 2.75) is 38.0 Å². The third-order valence-electron chi connectivity index (χ3n) is 3.06. The Labute approximate surface area is 95.4 Å². The zero-order valence-electron chi connectivity index (χ0n) is 8.71. The molecular formula is C13H15ClO. The van der Waals surface area contributed by atoms with E-state index in [2.05, 4.69) is 0 Å². The molecule has 0 spiro atoms. The van der Waals surface area contributed by atoms with Crippen molar-refractivity contribution < 1.29 is 4.79 Å². The number of ketones is 1. The van der Waals surface area contributed by atoms with Crippen molar-refractivity contribution in [3.05, 3.63) is 34.9 Å². The summed E-state index contributed by atoms with van der Waals surface area (Å²) in [7, 11) is 0. The van der Waals surface area contributed by atoms with Crippen LogP contribution in [0.25, 0.3) is 0 Å². The van der Waals surface area contributed by atoms with Crippen molar-refractivity contribution in [1.29, 1.82) is 0 Å². The molecule has 1 aliphatic rings. The predicted octanol–water partition coefficient (Wildman–Crippen LogP) is 3.96. The molecule has 2 rings (SSSR count). The smallest absolute Gasteiger partial charge is 0.140 e. The van der Waals surface area contributed by atoms with Crippen LogP contribution in [0.3, 0.4) is 0 Å². The Bertz CT molecular complexity index is 359. The highest BCUT2D eigenvalue weighted by Gasteiger charge is 2.22. The summed E-state index contributed by atoms with van der Waals surface area (Å²) in [5.74, 6) is 0.473. The maximum atomic E-state index is 11.9. The number of Topliss-reactive ketones (excluding diaryl/α,β-unsaturated/α-hetero) is 1. The lowest BCUT2D eigenvalue weighted by atomic mass is 9.91. The van der Waals surface area contributed by atoms with Crippen molar-refractivity contribution in [1.82, 2.24) is 0 Å². The van der Waals surface area contributed by atoms with E-state index in [0.29, 0.717) is 5.78 Å². The van der Waals surface area contributed by atoms with Crippen molar-refractivity contribution in [3.63, 3.8) is 0 Å². The average Bonchev–Trinajstić information content (AvgIpc) is 2.43. The lowest BCUT2D eigenvalue weighted by molar-refractivity contribution is -0.120. The summed E-state index contributed by atoms with van der Waals surface area (Å²) in [6.07, 6.45) is 5.11. The number of hydrogen-bond donors (Lipinski definition) is 0. The highest BCUT2D eigenvalue weighted by Crippen LogP contribution is 2.30. The van der Waals surface area contributed by atoms with E-state index in [4.69, 9.17) is 11.6 Å². The van der Waals surface area contributed by atoms with Crippen LogP contribution in [-0.2, 0) is 4.79 Å². The number of rotatable bonds is 1. The molecule has 0 aromatic heterocycles. The number of benzene rings is 1. The molecule has 1 aromatic rings. The normalized spacial score (nSPS) is 22.5.